The summed E-state index contributed by atoms with van der Waals surface area (Å²) < 4.78 is 67.9. The Balaban J connectivity index is 2.01. The number of hydrazone groups is 1. The predicted molar refractivity (Wildman–Crippen MR) is 165 cm³/mol. The Bertz CT molecular complexity index is 1620. The van der Waals surface area contributed by atoms with Gasteiger partial charge in [0.15, 0.2) is 5.84 Å². The molecule has 1 aliphatic heterocycles. The van der Waals surface area contributed by atoms with Crippen LogP contribution in [0.15, 0.2) is 59.7 Å². The monoisotopic (exact) mass is 683 g/mol. The molecular formula is C31H30Cl2F3N3O7. The van der Waals surface area contributed by atoms with Crippen molar-refractivity contribution in [2.24, 2.45) is 5.10 Å². The van der Waals surface area contributed by atoms with Gasteiger partial charge in [-0.3, -0.25) is 9.59 Å². The summed E-state index contributed by atoms with van der Waals surface area (Å²) >= 11 is 13.2. The predicted octanol–water partition coefficient (Wildman–Crippen LogP) is 6.46. The molecule has 3 aromatic carbocycles. The average molecular weight is 684 g/mol. The van der Waals surface area contributed by atoms with Crippen LogP contribution in [0.1, 0.15) is 36.1 Å². The lowest BCUT2D eigenvalue weighted by molar-refractivity contribution is -0.173. The van der Waals surface area contributed by atoms with E-state index in [-0.39, 0.29) is 24.0 Å². The molecule has 15 heteroatoms. The van der Waals surface area contributed by atoms with Crippen molar-refractivity contribution >= 4 is 46.6 Å². The van der Waals surface area contributed by atoms with Gasteiger partial charge in [-0.2, -0.15) is 18.3 Å². The van der Waals surface area contributed by atoms with Crippen molar-refractivity contribution in [3.8, 4) is 17.2 Å². The number of amides is 1. The molecule has 1 aliphatic rings. The third-order valence-electron chi connectivity index (χ3n) is 6.93. The van der Waals surface area contributed by atoms with Crippen molar-refractivity contribution in [1.29, 1.82) is 0 Å². The molecule has 10 nitrogen and oxygen atoms in total. The van der Waals surface area contributed by atoms with Crippen molar-refractivity contribution < 1.29 is 46.4 Å². The highest BCUT2D eigenvalue weighted by atomic mass is 35.5. The summed E-state index contributed by atoms with van der Waals surface area (Å²) in [5, 5.41) is 4.40. The van der Waals surface area contributed by atoms with Crippen LogP contribution in [0.2, 0.25) is 10.0 Å². The van der Waals surface area contributed by atoms with Gasteiger partial charge in [-0.25, -0.2) is 5.43 Å². The zero-order valence-corrected chi connectivity index (χ0v) is 26.6. The average Bonchev–Trinajstić information content (AvgIpc) is 3.13. The van der Waals surface area contributed by atoms with Crippen molar-refractivity contribution in [1.82, 2.24) is 5.43 Å². The molecule has 1 N–H and O–H groups in total. The van der Waals surface area contributed by atoms with Gasteiger partial charge in [-0.05, 0) is 43.3 Å². The van der Waals surface area contributed by atoms with Crippen LogP contribution in [-0.4, -0.2) is 57.9 Å². The molecule has 0 spiro atoms. The molecule has 0 saturated carbocycles. The molecule has 0 aliphatic carbocycles. The van der Waals surface area contributed by atoms with Crippen molar-refractivity contribution in [2.45, 2.75) is 38.3 Å². The number of halogens is 5. The number of anilines is 1. The molecule has 1 amide bonds. The van der Waals surface area contributed by atoms with Crippen LogP contribution in [0.3, 0.4) is 0 Å². The van der Waals surface area contributed by atoms with Gasteiger partial charge in [-0.15, -0.1) is 0 Å². The van der Waals surface area contributed by atoms with Crippen LogP contribution in [0.4, 0.5) is 18.9 Å². The van der Waals surface area contributed by atoms with E-state index in [4.69, 9.17) is 46.9 Å². The number of carbonyl (C=O) groups is 2. The normalized spacial score (nSPS) is 17.2. The lowest BCUT2D eigenvalue weighted by atomic mass is 9.98. The number of carbonyl (C=O) groups excluding carboxylic acids is 2. The number of esters is 1. The Labute approximate surface area is 272 Å². The Morgan fingerprint density at radius 3 is 2.37 bits per heavy atom. The second kappa shape index (κ2) is 14.9. The van der Waals surface area contributed by atoms with Crippen LogP contribution >= 0.6 is 23.2 Å². The van der Waals surface area contributed by atoms with Gasteiger partial charge in [0.05, 0.1) is 45.9 Å². The molecule has 0 unspecified atom stereocenters. The number of hydrogen-bond donors (Lipinski definition) is 1. The number of nitrogens with one attached hydrogen (secondary N) is 1. The molecule has 246 valence electrons. The Hall–Kier alpha value is -4.20. The summed E-state index contributed by atoms with van der Waals surface area (Å²) in [6.45, 7) is 1.55. The number of alkyl halides is 3. The second-order valence-corrected chi connectivity index (χ2v) is 10.6. The Morgan fingerprint density at radius 1 is 0.978 bits per heavy atom. The molecule has 0 saturated heterocycles. The van der Waals surface area contributed by atoms with Gasteiger partial charge in [0.1, 0.15) is 29.5 Å². The molecule has 46 heavy (non-hydrogen) atoms. The van der Waals surface area contributed by atoms with E-state index in [0.29, 0.717) is 44.6 Å². The summed E-state index contributed by atoms with van der Waals surface area (Å²) in [6.07, 6.45) is -8.18. The number of nitrogens with zero attached hydrogens (tertiary/aromatic N) is 2. The molecular weight excluding hydrogens is 654 g/mol. The van der Waals surface area contributed by atoms with Gasteiger partial charge >= 0.3 is 18.1 Å². The molecule has 0 bridgehead atoms. The molecule has 0 aromatic heterocycles. The summed E-state index contributed by atoms with van der Waals surface area (Å²) in [5.41, 5.74) is 3.32. The fourth-order valence-electron chi connectivity index (χ4n) is 4.84. The minimum absolute atomic E-state index is 0.0244. The van der Waals surface area contributed by atoms with Crippen molar-refractivity contribution in [3.05, 3.63) is 81.3 Å². The number of rotatable bonds is 10. The summed E-state index contributed by atoms with van der Waals surface area (Å²) in [6, 6.07) is 14.8. The Kier molecular flexibility index (Phi) is 11.3. The van der Waals surface area contributed by atoms with Crippen LogP contribution in [0.25, 0.3) is 0 Å². The molecule has 4 rings (SSSR count). The van der Waals surface area contributed by atoms with E-state index < -0.39 is 36.7 Å². The SMILES string of the molecule is CCOC(=O)C[C@H]1O[C@H](c2cccc(OC)c2Cl)c2cc(Cl)ccc2N(Cc2ccc(OC)cc2OC)C1=NNC(=O)C(F)(F)F. The topological polar surface area (TPSA) is 108 Å². The number of benzene rings is 3. The maximum Gasteiger partial charge on any atom is 0.473 e. The van der Waals surface area contributed by atoms with Crippen molar-refractivity contribution in [2.75, 3.05) is 32.8 Å². The number of ether oxygens (including phenoxy) is 5. The van der Waals surface area contributed by atoms with Crippen molar-refractivity contribution in [3.63, 3.8) is 0 Å². The summed E-state index contributed by atoms with van der Waals surface area (Å²) in [7, 11) is 4.37. The van der Waals surface area contributed by atoms with E-state index in [1.807, 2.05) is 0 Å². The Morgan fingerprint density at radius 2 is 1.72 bits per heavy atom. The van der Waals surface area contributed by atoms with Crippen LogP contribution in [0, 0.1) is 0 Å². The summed E-state index contributed by atoms with van der Waals surface area (Å²) in [4.78, 5) is 26.4. The first-order valence-corrected chi connectivity index (χ1v) is 14.5. The van der Waals surface area contributed by atoms with E-state index in [2.05, 4.69) is 5.10 Å². The molecule has 0 fully saturated rings. The van der Waals surface area contributed by atoms with Gasteiger partial charge in [-0.1, -0.05) is 35.3 Å². The van der Waals surface area contributed by atoms with Gasteiger partial charge < -0.3 is 28.6 Å². The van der Waals surface area contributed by atoms with E-state index in [0.717, 1.165) is 0 Å². The maximum absolute atomic E-state index is 13.3. The lowest BCUT2D eigenvalue weighted by Crippen LogP contribution is -2.43. The first kappa shape index (κ1) is 34.7. The first-order valence-electron chi connectivity index (χ1n) is 13.8. The third kappa shape index (κ3) is 7.77. The van der Waals surface area contributed by atoms with Gasteiger partial charge in [0.2, 0.25) is 0 Å². The van der Waals surface area contributed by atoms with Gasteiger partial charge in [0.25, 0.3) is 0 Å². The quantitative estimate of drug-likeness (QED) is 0.192. The highest BCUT2D eigenvalue weighted by Gasteiger charge is 2.41. The molecule has 2 atom stereocenters. The fourth-order valence-corrected chi connectivity index (χ4v) is 5.32. The number of amidine groups is 1. The van der Waals surface area contributed by atoms with Gasteiger partial charge in [0, 0.05) is 33.5 Å². The van der Waals surface area contributed by atoms with Crippen LogP contribution in [-0.2, 0) is 25.6 Å². The number of hydrogen-bond acceptors (Lipinski definition) is 8. The smallest absolute Gasteiger partial charge is 0.473 e. The van der Waals surface area contributed by atoms with E-state index >= 15 is 0 Å². The van der Waals surface area contributed by atoms with E-state index in [9.17, 15) is 22.8 Å². The minimum atomic E-state index is -5.25. The standard InChI is InChI=1S/C31H30Cl2F3N3O7/c1-5-45-26(40)15-25-29(37-38-30(41)31(34,35)36)39(16-17-9-11-19(42-2)14-24(17)44-4)22-12-10-18(32)13-21(22)28(46-25)20-7-6-8-23(43-3)27(20)33/h6-14,25,28H,5,15-16H2,1-4H3,(H,38,41)/t25-,28-/m1/s1. The maximum atomic E-state index is 13.3. The lowest BCUT2D eigenvalue weighted by Gasteiger charge is -2.29. The zero-order valence-electron chi connectivity index (χ0n) is 25.1. The third-order valence-corrected chi connectivity index (χ3v) is 7.57. The number of fused-ring (bicyclic) bond motifs is 1. The first-order chi connectivity index (χ1) is 21.9. The van der Waals surface area contributed by atoms with Crippen LogP contribution in [0.5, 0.6) is 17.2 Å². The number of methoxy groups -OCH3 is 3. The van der Waals surface area contributed by atoms with E-state index in [1.165, 1.54) is 26.2 Å². The zero-order chi connectivity index (χ0) is 33.6. The second-order valence-electron chi connectivity index (χ2n) is 9.75. The highest BCUT2D eigenvalue weighted by Crippen LogP contribution is 2.45. The van der Waals surface area contributed by atoms with E-state index in [1.54, 1.807) is 66.9 Å². The largest absolute Gasteiger partial charge is 0.497 e. The minimum Gasteiger partial charge on any atom is -0.497 e. The molecule has 3 aromatic rings. The molecule has 0 radical (unpaired) electrons. The highest BCUT2D eigenvalue weighted by molar-refractivity contribution is 6.33. The summed E-state index contributed by atoms with van der Waals surface area (Å²) in [5.74, 6) is -2.11. The fraction of sp³-hybridized carbons (Fsp3) is 0.323. The van der Waals surface area contributed by atoms with Crippen LogP contribution < -0.4 is 24.5 Å². The molecule has 1 heterocycles.